The minimum atomic E-state index is -0.368. The van der Waals surface area contributed by atoms with Crippen LogP contribution in [-0.4, -0.2) is 16.0 Å². The third-order valence-electron chi connectivity index (χ3n) is 3.98. The van der Waals surface area contributed by atoms with Crippen molar-refractivity contribution in [2.75, 3.05) is 0 Å². The molecule has 6 heteroatoms. The predicted octanol–water partition coefficient (Wildman–Crippen LogP) is 2.82. The average Bonchev–Trinajstić information content (AvgIpc) is 2.69. The Morgan fingerprint density at radius 3 is 2.74 bits per heavy atom. The van der Waals surface area contributed by atoms with E-state index < -0.39 is 0 Å². The smallest absolute Gasteiger partial charge is 0.128 e. The Balaban J connectivity index is 2.14. The van der Waals surface area contributed by atoms with Crippen LogP contribution in [0.1, 0.15) is 36.3 Å². The Labute approximate surface area is 124 Å². The van der Waals surface area contributed by atoms with Crippen molar-refractivity contribution in [2.45, 2.75) is 44.2 Å². The normalized spacial score (nSPS) is 27.9. The van der Waals surface area contributed by atoms with E-state index in [9.17, 15) is 0 Å². The van der Waals surface area contributed by atoms with Gasteiger partial charge in [-0.2, -0.15) is 0 Å². The molecule has 0 unspecified atom stereocenters. The second-order valence-corrected chi connectivity index (χ2v) is 7.36. The zero-order valence-electron chi connectivity index (χ0n) is 10.8. The van der Waals surface area contributed by atoms with Gasteiger partial charge in [-0.3, -0.25) is 0 Å². The van der Waals surface area contributed by atoms with Crippen LogP contribution in [0.3, 0.4) is 0 Å². The van der Waals surface area contributed by atoms with Crippen LogP contribution >= 0.6 is 27.3 Å². The second-order valence-electron chi connectivity index (χ2n) is 5.37. The molecule has 0 aliphatic heterocycles. The van der Waals surface area contributed by atoms with Gasteiger partial charge in [-0.1, -0.05) is 0 Å². The fraction of sp³-hybridized carbons (Fsp3) is 0.538. The number of fused-ring (bicyclic) bond motifs is 1. The van der Waals surface area contributed by atoms with Crippen LogP contribution in [0.25, 0.3) is 10.2 Å². The van der Waals surface area contributed by atoms with Gasteiger partial charge in [-0.15, -0.1) is 11.3 Å². The summed E-state index contributed by atoms with van der Waals surface area (Å²) in [7, 11) is 0. The summed E-state index contributed by atoms with van der Waals surface area (Å²) >= 11 is 5.33. The van der Waals surface area contributed by atoms with Gasteiger partial charge in [0.2, 0.25) is 0 Å². The zero-order chi connectivity index (χ0) is 13.6. The van der Waals surface area contributed by atoms with Gasteiger partial charge >= 0.3 is 0 Å². The van der Waals surface area contributed by atoms with Crippen LogP contribution in [0.4, 0.5) is 0 Å². The van der Waals surface area contributed by atoms with E-state index in [1.165, 1.54) is 4.88 Å². The molecule has 4 N–H and O–H groups in total. The molecule has 0 saturated heterocycles. The SMILES string of the molecule is Cc1sc2ncnc(C3(N)CCC(N)CC3)c2c1Br. The highest BCUT2D eigenvalue weighted by molar-refractivity contribution is 9.10. The maximum absolute atomic E-state index is 6.62. The highest BCUT2D eigenvalue weighted by atomic mass is 79.9. The lowest BCUT2D eigenvalue weighted by atomic mass is 9.77. The van der Waals surface area contributed by atoms with Crippen molar-refractivity contribution in [1.29, 1.82) is 0 Å². The number of aryl methyl sites for hydroxylation is 1. The molecule has 0 amide bonds. The molecular weight excluding hydrogens is 324 g/mol. The number of thiophene rings is 1. The van der Waals surface area contributed by atoms with Crippen molar-refractivity contribution in [1.82, 2.24) is 9.97 Å². The van der Waals surface area contributed by atoms with Gasteiger partial charge in [0.25, 0.3) is 0 Å². The minimum absolute atomic E-state index is 0.279. The van der Waals surface area contributed by atoms with Crippen molar-refractivity contribution in [3.63, 3.8) is 0 Å². The largest absolute Gasteiger partial charge is 0.328 e. The molecule has 3 rings (SSSR count). The van der Waals surface area contributed by atoms with Crippen LogP contribution in [0.15, 0.2) is 10.8 Å². The lowest BCUT2D eigenvalue weighted by molar-refractivity contribution is 0.273. The van der Waals surface area contributed by atoms with Gasteiger partial charge in [-0.05, 0) is 48.5 Å². The van der Waals surface area contributed by atoms with Gasteiger partial charge in [0.05, 0.1) is 11.2 Å². The first-order chi connectivity index (χ1) is 9.01. The van der Waals surface area contributed by atoms with Gasteiger partial charge in [0, 0.05) is 20.8 Å². The molecule has 1 saturated carbocycles. The van der Waals surface area contributed by atoms with E-state index in [1.54, 1.807) is 17.7 Å². The molecule has 1 aliphatic carbocycles. The monoisotopic (exact) mass is 340 g/mol. The number of hydrogen-bond acceptors (Lipinski definition) is 5. The van der Waals surface area contributed by atoms with Crippen molar-refractivity contribution in [3.8, 4) is 0 Å². The van der Waals surface area contributed by atoms with E-state index in [2.05, 4.69) is 32.8 Å². The Bertz CT molecular complexity index is 616. The number of halogens is 1. The fourth-order valence-corrected chi connectivity index (χ4v) is 4.41. The van der Waals surface area contributed by atoms with Crippen LogP contribution in [0.2, 0.25) is 0 Å². The first-order valence-corrected chi connectivity index (χ1v) is 8.07. The standard InChI is InChI=1S/C13H17BrN4S/c1-7-10(14)9-11(17-6-18-12(9)19-7)13(16)4-2-8(15)3-5-13/h6,8H,2-5,15-16H2,1H3. The Hall–Kier alpha value is -0.560. The number of nitrogens with zero attached hydrogens (tertiary/aromatic N) is 2. The van der Waals surface area contributed by atoms with E-state index in [0.29, 0.717) is 0 Å². The Kier molecular flexibility index (Phi) is 3.37. The lowest BCUT2D eigenvalue weighted by Crippen LogP contribution is -2.44. The third-order valence-corrected chi connectivity index (χ3v) is 6.25. The van der Waals surface area contributed by atoms with Gasteiger partial charge < -0.3 is 11.5 Å². The summed E-state index contributed by atoms with van der Waals surface area (Å²) in [4.78, 5) is 11.1. The summed E-state index contributed by atoms with van der Waals surface area (Å²) in [6.07, 6.45) is 5.33. The van der Waals surface area contributed by atoms with E-state index in [1.807, 2.05) is 0 Å². The molecule has 2 aromatic rings. The van der Waals surface area contributed by atoms with E-state index >= 15 is 0 Å². The highest BCUT2D eigenvalue weighted by Gasteiger charge is 2.35. The van der Waals surface area contributed by atoms with E-state index in [4.69, 9.17) is 11.5 Å². The van der Waals surface area contributed by atoms with Gasteiger partial charge in [0.15, 0.2) is 0 Å². The summed E-state index contributed by atoms with van der Waals surface area (Å²) in [5, 5.41) is 1.09. The summed E-state index contributed by atoms with van der Waals surface area (Å²) in [6.45, 7) is 2.08. The van der Waals surface area contributed by atoms with Crippen molar-refractivity contribution >= 4 is 37.5 Å². The van der Waals surface area contributed by atoms with Crippen LogP contribution in [0, 0.1) is 6.92 Å². The maximum atomic E-state index is 6.62. The molecule has 0 radical (unpaired) electrons. The molecule has 0 atom stereocenters. The third kappa shape index (κ3) is 2.20. The number of aromatic nitrogens is 2. The Morgan fingerprint density at radius 2 is 2.05 bits per heavy atom. The highest BCUT2D eigenvalue weighted by Crippen LogP contribution is 2.42. The Morgan fingerprint density at radius 1 is 1.37 bits per heavy atom. The maximum Gasteiger partial charge on any atom is 0.128 e. The van der Waals surface area contributed by atoms with E-state index in [0.717, 1.165) is 46.1 Å². The second kappa shape index (κ2) is 4.77. The van der Waals surface area contributed by atoms with Crippen LogP contribution in [-0.2, 0) is 5.54 Å². The molecule has 102 valence electrons. The molecular formula is C13H17BrN4S. The fourth-order valence-electron chi connectivity index (χ4n) is 2.78. The van der Waals surface area contributed by atoms with Crippen molar-refractivity contribution in [3.05, 3.63) is 21.4 Å². The minimum Gasteiger partial charge on any atom is -0.328 e. The molecule has 0 bridgehead atoms. The first-order valence-electron chi connectivity index (χ1n) is 6.46. The number of nitrogens with two attached hydrogens (primary N) is 2. The van der Waals surface area contributed by atoms with E-state index in [-0.39, 0.29) is 11.6 Å². The summed E-state index contributed by atoms with van der Waals surface area (Å²) < 4.78 is 1.09. The number of hydrogen-bond donors (Lipinski definition) is 2. The molecule has 1 fully saturated rings. The van der Waals surface area contributed by atoms with Gasteiger partial charge in [-0.25, -0.2) is 9.97 Å². The van der Waals surface area contributed by atoms with Crippen molar-refractivity contribution < 1.29 is 0 Å². The first kappa shape index (κ1) is 13.4. The topological polar surface area (TPSA) is 77.8 Å². The molecule has 0 spiro atoms. The average molecular weight is 341 g/mol. The van der Waals surface area contributed by atoms with Gasteiger partial charge in [0.1, 0.15) is 11.2 Å². The predicted molar refractivity (Wildman–Crippen MR) is 82.2 cm³/mol. The zero-order valence-corrected chi connectivity index (χ0v) is 13.2. The molecule has 0 aromatic carbocycles. The molecule has 2 heterocycles. The summed E-state index contributed by atoms with van der Waals surface area (Å²) in [5.74, 6) is 0. The number of rotatable bonds is 1. The molecule has 1 aliphatic rings. The van der Waals surface area contributed by atoms with Crippen molar-refractivity contribution in [2.24, 2.45) is 11.5 Å². The van der Waals surface area contributed by atoms with Crippen LogP contribution < -0.4 is 11.5 Å². The summed E-state index contributed by atoms with van der Waals surface area (Å²) in [6, 6.07) is 0.279. The molecule has 19 heavy (non-hydrogen) atoms. The lowest BCUT2D eigenvalue weighted by Gasteiger charge is -2.35. The molecule has 4 nitrogen and oxygen atoms in total. The quantitative estimate of drug-likeness (QED) is 0.836. The molecule has 2 aromatic heterocycles. The summed E-state index contributed by atoms with van der Waals surface area (Å²) in [5.41, 5.74) is 13.2. The van der Waals surface area contributed by atoms with Crippen LogP contribution in [0.5, 0.6) is 0 Å².